The average molecular weight is 512 g/mol. The first kappa shape index (κ1) is 21.5. The fraction of sp³-hybridized carbons (Fsp3) is 0.409. The molecule has 0 saturated carbocycles. The molecule has 1 amide bonds. The maximum absolute atomic E-state index is 13.6. The van der Waals surface area contributed by atoms with Gasteiger partial charge in [-0.2, -0.15) is 0 Å². The van der Waals surface area contributed by atoms with E-state index in [0.29, 0.717) is 13.0 Å². The molecule has 28 heavy (non-hydrogen) atoms. The number of carbonyl (C=O) groups excluding carboxylic acids is 1. The largest absolute Gasteiger partial charge is 0.341 e. The SMILES string of the molecule is CN(Cc1cc(Br)cc(Br)c1)C(=O)CC1(Cc2cccc(F)c2)CCNCC1. The molecular weight excluding hydrogens is 487 g/mol. The van der Waals surface area contributed by atoms with Crippen LogP contribution in [0.15, 0.2) is 51.4 Å². The lowest BCUT2D eigenvalue weighted by atomic mass is 9.71. The monoisotopic (exact) mass is 510 g/mol. The molecule has 0 bridgehead atoms. The molecule has 0 radical (unpaired) electrons. The third kappa shape index (κ3) is 5.88. The second-order valence-electron chi connectivity index (χ2n) is 7.76. The average Bonchev–Trinajstić information content (AvgIpc) is 2.61. The zero-order valence-corrected chi connectivity index (χ0v) is 19.2. The Labute approximate surface area is 183 Å². The van der Waals surface area contributed by atoms with Crippen molar-refractivity contribution >= 4 is 37.8 Å². The molecule has 0 aromatic heterocycles. The Balaban J connectivity index is 1.71. The molecule has 3 rings (SSSR count). The molecule has 150 valence electrons. The van der Waals surface area contributed by atoms with Crippen LogP contribution < -0.4 is 5.32 Å². The van der Waals surface area contributed by atoms with Gasteiger partial charge in [0, 0.05) is 29.0 Å². The van der Waals surface area contributed by atoms with Crippen LogP contribution in [0.2, 0.25) is 0 Å². The predicted octanol–water partition coefficient (Wildman–Crippen LogP) is 5.31. The lowest BCUT2D eigenvalue weighted by molar-refractivity contribution is -0.133. The van der Waals surface area contributed by atoms with E-state index in [0.717, 1.165) is 52.4 Å². The van der Waals surface area contributed by atoms with Gasteiger partial charge in [0.25, 0.3) is 0 Å². The normalized spacial score (nSPS) is 16.0. The Morgan fingerprint density at radius 2 is 1.79 bits per heavy atom. The summed E-state index contributed by atoms with van der Waals surface area (Å²) in [5, 5.41) is 3.38. The van der Waals surface area contributed by atoms with Crippen molar-refractivity contribution in [2.75, 3.05) is 20.1 Å². The Morgan fingerprint density at radius 1 is 1.11 bits per heavy atom. The smallest absolute Gasteiger partial charge is 0.223 e. The van der Waals surface area contributed by atoms with Crippen molar-refractivity contribution in [2.45, 2.75) is 32.2 Å². The number of hydrogen-bond donors (Lipinski definition) is 1. The molecule has 1 N–H and O–H groups in total. The summed E-state index contributed by atoms with van der Waals surface area (Å²) in [6, 6.07) is 12.8. The zero-order valence-electron chi connectivity index (χ0n) is 16.0. The number of benzene rings is 2. The number of halogens is 3. The highest BCUT2D eigenvalue weighted by Gasteiger charge is 2.35. The van der Waals surface area contributed by atoms with Gasteiger partial charge in [0.05, 0.1) is 0 Å². The molecule has 0 spiro atoms. The van der Waals surface area contributed by atoms with Gasteiger partial charge in [-0.05, 0) is 79.2 Å². The molecule has 1 fully saturated rings. The van der Waals surface area contributed by atoms with Crippen molar-refractivity contribution in [1.82, 2.24) is 10.2 Å². The van der Waals surface area contributed by atoms with E-state index in [1.54, 1.807) is 17.0 Å². The molecule has 0 unspecified atom stereocenters. The molecule has 1 saturated heterocycles. The number of piperidine rings is 1. The highest BCUT2D eigenvalue weighted by Crippen LogP contribution is 2.37. The lowest BCUT2D eigenvalue weighted by Crippen LogP contribution is -2.42. The molecule has 0 atom stereocenters. The highest BCUT2D eigenvalue weighted by molar-refractivity contribution is 9.11. The standard InChI is InChI=1S/C22H25Br2FN2O/c1-27(15-17-9-18(23)12-19(24)10-17)21(28)14-22(5-7-26-8-6-22)13-16-3-2-4-20(25)11-16/h2-4,9-12,26H,5-8,13-15H2,1H3. The number of hydrogen-bond acceptors (Lipinski definition) is 2. The highest BCUT2D eigenvalue weighted by atomic mass is 79.9. The molecule has 2 aromatic rings. The van der Waals surface area contributed by atoms with E-state index in [2.05, 4.69) is 37.2 Å². The van der Waals surface area contributed by atoms with Gasteiger partial charge in [-0.25, -0.2) is 4.39 Å². The lowest BCUT2D eigenvalue weighted by Gasteiger charge is -2.38. The van der Waals surface area contributed by atoms with E-state index in [9.17, 15) is 9.18 Å². The van der Waals surface area contributed by atoms with Crippen LogP contribution in [-0.2, 0) is 17.8 Å². The molecule has 2 aromatic carbocycles. The fourth-order valence-corrected chi connectivity index (χ4v) is 5.36. The Bertz CT molecular complexity index is 817. The van der Waals surface area contributed by atoms with Crippen LogP contribution in [0, 0.1) is 11.2 Å². The summed E-state index contributed by atoms with van der Waals surface area (Å²) >= 11 is 7.00. The minimum Gasteiger partial charge on any atom is -0.341 e. The van der Waals surface area contributed by atoms with Gasteiger partial charge in [0.1, 0.15) is 5.82 Å². The Hall–Kier alpha value is -1.24. The number of nitrogens with zero attached hydrogens (tertiary/aromatic N) is 1. The Morgan fingerprint density at radius 3 is 2.43 bits per heavy atom. The van der Waals surface area contributed by atoms with E-state index < -0.39 is 0 Å². The minimum absolute atomic E-state index is 0.123. The van der Waals surface area contributed by atoms with Crippen LogP contribution in [0.1, 0.15) is 30.4 Å². The third-order valence-electron chi connectivity index (χ3n) is 5.43. The molecular formula is C22H25Br2FN2O. The molecule has 1 heterocycles. The van der Waals surface area contributed by atoms with Crippen LogP contribution >= 0.6 is 31.9 Å². The van der Waals surface area contributed by atoms with Gasteiger partial charge in [-0.3, -0.25) is 4.79 Å². The number of amides is 1. The van der Waals surface area contributed by atoms with Crippen molar-refractivity contribution in [2.24, 2.45) is 5.41 Å². The van der Waals surface area contributed by atoms with E-state index in [4.69, 9.17) is 0 Å². The summed E-state index contributed by atoms with van der Waals surface area (Å²) in [4.78, 5) is 14.9. The first-order valence-electron chi connectivity index (χ1n) is 9.49. The summed E-state index contributed by atoms with van der Waals surface area (Å²) in [5.74, 6) is -0.0836. The summed E-state index contributed by atoms with van der Waals surface area (Å²) in [6.45, 7) is 2.35. The van der Waals surface area contributed by atoms with Crippen LogP contribution in [-0.4, -0.2) is 30.9 Å². The third-order valence-corrected chi connectivity index (χ3v) is 6.34. The van der Waals surface area contributed by atoms with Gasteiger partial charge in [0.2, 0.25) is 5.91 Å². The van der Waals surface area contributed by atoms with Crippen molar-refractivity contribution in [1.29, 1.82) is 0 Å². The number of rotatable bonds is 6. The zero-order chi connectivity index (χ0) is 20.1. The van der Waals surface area contributed by atoms with Crippen molar-refractivity contribution < 1.29 is 9.18 Å². The van der Waals surface area contributed by atoms with Gasteiger partial charge >= 0.3 is 0 Å². The predicted molar refractivity (Wildman–Crippen MR) is 118 cm³/mol. The van der Waals surface area contributed by atoms with Gasteiger partial charge in [0.15, 0.2) is 0 Å². The van der Waals surface area contributed by atoms with E-state index in [1.165, 1.54) is 6.07 Å². The van der Waals surface area contributed by atoms with Crippen molar-refractivity contribution in [3.63, 3.8) is 0 Å². The quantitative estimate of drug-likeness (QED) is 0.569. The van der Waals surface area contributed by atoms with E-state index in [1.807, 2.05) is 31.3 Å². The van der Waals surface area contributed by atoms with Crippen LogP contribution in [0.25, 0.3) is 0 Å². The number of carbonyl (C=O) groups is 1. The van der Waals surface area contributed by atoms with Crippen LogP contribution in [0.5, 0.6) is 0 Å². The second kappa shape index (κ2) is 9.51. The Kier molecular flexibility index (Phi) is 7.29. The molecule has 0 aliphatic carbocycles. The summed E-state index contributed by atoms with van der Waals surface area (Å²) in [6.07, 6.45) is 3.06. The van der Waals surface area contributed by atoms with Gasteiger partial charge in [-0.15, -0.1) is 0 Å². The first-order valence-corrected chi connectivity index (χ1v) is 11.1. The van der Waals surface area contributed by atoms with Gasteiger partial charge < -0.3 is 10.2 Å². The van der Waals surface area contributed by atoms with E-state index >= 15 is 0 Å². The minimum atomic E-state index is -0.217. The first-order chi connectivity index (χ1) is 13.3. The number of nitrogens with one attached hydrogen (secondary N) is 1. The fourth-order valence-electron chi connectivity index (χ4n) is 3.97. The molecule has 3 nitrogen and oxygen atoms in total. The van der Waals surface area contributed by atoms with E-state index in [-0.39, 0.29) is 17.1 Å². The molecule has 1 aliphatic heterocycles. The van der Waals surface area contributed by atoms with Crippen molar-refractivity contribution in [3.8, 4) is 0 Å². The van der Waals surface area contributed by atoms with Crippen LogP contribution in [0.4, 0.5) is 4.39 Å². The maximum Gasteiger partial charge on any atom is 0.223 e. The topological polar surface area (TPSA) is 32.3 Å². The molecule has 1 aliphatic rings. The summed E-state index contributed by atoms with van der Waals surface area (Å²) in [5.41, 5.74) is 1.91. The maximum atomic E-state index is 13.6. The van der Waals surface area contributed by atoms with Crippen molar-refractivity contribution in [3.05, 3.63) is 68.4 Å². The molecule has 6 heteroatoms. The summed E-state index contributed by atoms with van der Waals surface area (Å²) < 4.78 is 15.6. The van der Waals surface area contributed by atoms with Gasteiger partial charge in [-0.1, -0.05) is 44.0 Å². The second-order valence-corrected chi connectivity index (χ2v) is 9.59. The summed E-state index contributed by atoms with van der Waals surface area (Å²) in [7, 11) is 1.86. The van der Waals surface area contributed by atoms with Crippen LogP contribution in [0.3, 0.4) is 0 Å².